The molecule has 1 rings (SSSR count). The molecule has 1 atom stereocenters. The van der Waals surface area contributed by atoms with Gasteiger partial charge in [0.15, 0.2) is 0 Å². The summed E-state index contributed by atoms with van der Waals surface area (Å²) < 4.78 is 0. The highest BCUT2D eigenvalue weighted by atomic mass is 35.5. The maximum atomic E-state index is 5.73. The molecular weight excluding hydrogens is 178 g/mol. The van der Waals surface area contributed by atoms with Gasteiger partial charge in [-0.2, -0.15) is 0 Å². The molecule has 0 aliphatic heterocycles. The van der Waals surface area contributed by atoms with E-state index in [4.69, 9.17) is 5.73 Å². The number of aryl methyl sites for hydroxylation is 2. The monoisotopic (exact) mass is 191 g/mol. The van der Waals surface area contributed by atoms with E-state index in [0.29, 0.717) is 0 Å². The van der Waals surface area contributed by atoms with Crippen LogP contribution in [0.25, 0.3) is 0 Å². The largest absolute Gasteiger partial charge is 0.324 e. The zero-order chi connectivity index (χ0) is 7.72. The standard InChI is InChI=1S/C8H13NS.ClH/c1-5-4-8(6(2)9)7(3)10-5;/h4,6H,9H2,1-3H3;1H. The minimum atomic E-state index is 0. The van der Waals surface area contributed by atoms with Gasteiger partial charge >= 0.3 is 0 Å². The third-order valence-corrected chi connectivity index (χ3v) is 2.55. The number of hydrogen-bond acceptors (Lipinski definition) is 2. The molecule has 11 heavy (non-hydrogen) atoms. The molecular formula is C8H14ClNS. The maximum Gasteiger partial charge on any atom is 0.0277 e. The molecule has 0 aliphatic rings. The summed E-state index contributed by atoms with van der Waals surface area (Å²) in [5.41, 5.74) is 7.03. The van der Waals surface area contributed by atoms with Crippen LogP contribution in [-0.2, 0) is 0 Å². The first kappa shape index (κ1) is 11.0. The number of rotatable bonds is 1. The number of hydrogen-bond donors (Lipinski definition) is 1. The van der Waals surface area contributed by atoms with Crippen molar-refractivity contribution in [3.63, 3.8) is 0 Å². The van der Waals surface area contributed by atoms with Gasteiger partial charge in [-0.05, 0) is 32.4 Å². The molecule has 0 saturated heterocycles. The van der Waals surface area contributed by atoms with E-state index in [1.807, 2.05) is 18.3 Å². The summed E-state index contributed by atoms with van der Waals surface area (Å²) in [6.45, 7) is 6.26. The average molecular weight is 192 g/mol. The number of nitrogens with two attached hydrogens (primary N) is 1. The molecule has 0 spiro atoms. The fourth-order valence-electron chi connectivity index (χ4n) is 1.10. The second-order valence-electron chi connectivity index (χ2n) is 2.66. The number of halogens is 1. The fraction of sp³-hybridized carbons (Fsp3) is 0.500. The van der Waals surface area contributed by atoms with Gasteiger partial charge < -0.3 is 5.73 Å². The predicted molar refractivity (Wildman–Crippen MR) is 53.6 cm³/mol. The minimum absolute atomic E-state index is 0. The van der Waals surface area contributed by atoms with Crippen molar-refractivity contribution in [2.24, 2.45) is 5.73 Å². The van der Waals surface area contributed by atoms with Crippen LogP contribution in [0.3, 0.4) is 0 Å². The summed E-state index contributed by atoms with van der Waals surface area (Å²) in [7, 11) is 0. The Kier molecular flexibility index (Phi) is 4.08. The molecule has 1 heterocycles. The van der Waals surface area contributed by atoms with Gasteiger partial charge in [0.1, 0.15) is 0 Å². The summed E-state index contributed by atoms with van der Waals surface area (Å²) in [5.74, 6) is 0. The van der Waals surface area contributed by atoms with E-state index in [1.54, 1.807) is 0 Å². The van der Waals surface area contributed by atoms with Gasteiger partial charge in [-0.15, -0.1) is 23.7 Å². The quantitative estimate of drug-likeness (QED) is 0.726. The molecule has 64 valence electrons. The molecule has 0 fully saturated rings. The second-order valence-corrected chi connectivity index (χ2v) is 4.12. The highest BCUT2D eigenvalue weighted by Crippen LogP contribution is 2.24. The van der Waals surface area contributed by atoms with Crippen LogP contribution in [0.5, 0.6) is 0 Å². The van der Waals surface area contributed by atoms with Crippen LogP contribution in [0.15, 0.2) is 6.07 Å². The lowest BCUT2D eigenvalue weighted by molar-refractivity contribution is 0.816. The van der Waals surface area contributed by atoms with Crippen LogP contribution in [0, 0.1) is 13.8 Å². The van der Waals surface area contributed by atoms with Gasteiger partial charge in [-0.25, -0.2) is 0 Å². The van der Waals surface area contributed by atoms with Crippen molar-refractivity contribution >= 4 is 23.7 Å². The molecule has 0 saturated carbocycles. The van der Waals surface area contributed by atoms with Crippen LogP contribution in [-0.4, -0.2) is 0 Å². The normalized spacial score (nSPS) is 12.4. The molecule has 3 heteroatoms. The zero-order valence-corrected chi connectivity index (χ0v) is 8.68. The van der Waals surface area contributed by atoms with Crippen LogP contribution < -0.4 is 5.73 Å². The molecule has 1 nitrogen and oxygen atoms in total. The smallest absolute Gasteiger partial charge is 0.0277 e. The topological polar surface area (TPSA) is 26.0 Å². The van der Waals surface area contributed by atoms with E-state index in [0.717, 1.165) is 0 Å². The Hall–Kier alpha value is -0.0500. The van der Waals surface area contributed by atoms with Crippen molar-refractivity contribution in [2.75, 3.05) is 0 Å². The molecule has 0 aromatic carbocycles. The van der Waals surface area contributed by atoms with Crippen LogP contribution in [0.1, 0.15) is 28.3 Å². The zero-order valence-electron chi connectivity index (χ0n) is 7.05. The van der Waals surface area contributed by atoms with E-state index in [2.05, 4.69) is 19.9 Å². The third-order valence-electron chi connectivity index (χ3n) is 1.57. The first-order chi connectivity index (χ1) is 4.61. The molecule has 0 aliphatic carbocycles. The Morgan fingerprint density at radius 3 is 2.18 bits per heavy atom. The predicted octanol–water partition coefficient (Wildman–Crippen LogP) is 2.81. The van der Waals surface area contributed by atoms with Gasteiger partial charge in [0.05, 0.1) is 0 Å². The SMILES string of the molecule is Cc1cc(C(C)N)c(C)s1.Cl. The highest BCUT2D eigenvalue weighted by Gasteiger charge is 2.05. The Labute approximate surface area is 78.0 Å². The maximum absolute atomic E-state index is 5.73. The van der Waals surface area contributed by atoms with Crippen LogP contribution in [0.4, 0.5) is 0 Å². The Balaban J connectivity index is 0.000001000. The van der Waals surface area contributed by atoms with Gasteiger partial charge in [-0.1, -0.05) is 0 Å². The highest BCUT2D eigenvalue weighted by molar-refractivity contribution is 7.12. The van der Waals surface area contributed by atoms with E-state index in [9.17, 15) is 0 Å². The van der Waals surface area contributed by atoms with E-state index >= 15 is 0 Å². The summed E-state index contributed by atoms with van der Waals surface area (Å²) in [6.07, 6.45) is 0. The Bertz CT molecular complexity index is 230. The lowest BCUT2D eigenvalue weighted by Crippen LogP contribution is -2.04. The first-order valence-corrected chi connectivity index (χ1v) is 4.25. The van der Waals surface area contributed by atoms with Gasteiger partial charge in [0.25, 0.3) is 0 Å². The van der Waals surface area contributed by atoms with Crippen molar-refractivity contribution in [3.05, 3.63) is 21.4 Å². The van der Waals surface area contributed by atoms with Crippen molar-refractivity contribution < 1.29 is 0 Å². The van der Waals surface area contributed by atoms with Gasteiger partial charge in [0.2, 0.25) is 0 Å². The summed E-state index contributed by atoms with van der Waals surface area (Å²) >= 11 is 1.82. The van der Waals surface area contributed by atoms with Crippen LogP contribution in [0.2, 0.25) is 0 Å². The summed E-state index contributed by atoms with van der Waals surface area (Å²) in [6, 6.07) is 2.36. The van der Waals surface area contributed by atoms with Crippen molar-refractivity contribution in [2.45, 2.75) is 26.8 Å². The van der Waals surface area contributed by atoms with Crippen molar-refractivity contribution in [1.29, 1.82) is 0 Å². The molecule has 0 radical (unpaired) electrons. The lowest BCUT2D eigenvalue weighted by Gasteiger charge is -2.01. The molecule has 1 unspecified atom stereocenters. The number of thiophene rings is 1. The van der Waals surface area contributed by atoms with E-state index in [-0.39, 0.29) is 18.4 Å². The molecule has 0 bridgehead atoms. The van der Waals surface area contributed by atoms with E-state index < -0.39 is 0 Å². The van der Waals surface area contributed by atoms with E-state index in [1.165, 1.54) is 15.3 Å². The van der Waals surface area contributed by atoms with Crippen molar-refractivity contribution in [1.82, 2.24) is 0 Å². The Morgan fingerprint density at radius 2 is 2.00 bits per heavy atom. The molecule has 0 amide bonds. The lowest BCUT2D eigenvalue weighted by atomic mass is 10.1. The molecule has 1 aromatic heterocycles. The summed E-state index contributed by atoms with van der Waals surface area (Å²) in [5, 5.41) is 0. The summed E-state index contributed by atoms with van der Waals surface area (Å²) in [4.78, 5) is 2.71. The molecule has 2 N–H and O–H groups in total. The third kappa shape index (κ3) is 2.47. The van der Waals surface area contributed by atoms with Crippen molar-refractivity contribution in [3.8, 4) is 0 Å². The fourth-order valence-corrected chi connectivity index (χ4v) is 2.13. The molecule has 1 aromatic rings. The average Bonchev–Trinajstić information content (AvgIpc) is 2.10. The minimum Gasteiger partial charge on any atom is -0.324 e. The van der Waals surface area contributed by atoms with Gasteiger partial charge in [-0.3, -0.25) is 0 Å². The second kappa shape index (κ2) is 4.10. The van der Waals surface area contributed by atoms with Gasteiger partial charge in [0, 0.05) is 15.8 Å². The first-order valence-electron chi connectivity index (χ1n) is 3.43. The Morgan fingerprint density at radius 1 is 1.45 bits per heavy atom. The van der Waals surface area contributed by atoms with Crippen LogP contribution >= 0.6 is 23.7 Å².